The number of aliphatic hydroxyl groups is 1. The molecule has 0 amide bonds. The number of piperidine rings is 1. The van der Waals surface area contributed by atoms with E-state index in [1.807, 2.05) is 4.90 Å². The Morgan fingerprint density at radius 2 is 1.96 bits per heavy atom. The number of carbonyl (C=O) groups is 1. The number of nitrogens with zero attached hydrogens (tertiary/aromatic N) is 1. The molecule has 1 N–H and O–H groups in total. The molecule has 4 nitrogen and oxygen atoms in total. The third-order valence-corrected chi connectivity index (χ3v) is 4.04. The van der Waals surface area contributed by atoms with E-state index in [2.05, 4.69) is 0 Å². The van der Waals surface area contributed by atoms with Gasteiger partial charge in [0.1, 0.15) is 0 Å². The van der Waals surface area contributed by atoms with Gasteiger partial charge in [0.2, 0.25) is 0 Å². The van der Waals surface area contributed by atoms with Gasteiger partial charge < -0.3 is 9.84 Å². The minimum Gasteiger partial charge on any atom is -0.466 e. The molecule has 0 aliphatic carbocycles. The zero-order valence-corrected chi connectivity index (χ0v) is 13.6. The second-order valence-electron chi connectivity index (χ2n) is 6.15. The fraction of sp³-hybridized carbons (Fsp3) is 0.588. The Kier molecular flexibility index (Phi) is 6.23. The Labute approximate surface area is 139 Å². The number of likely N-dealkylation sites (tertiary alicyclic amines) is 1. The summed E-state index contributed by atoms with van der Waals surface area (Å²) in [5.41, 5.74) is 0.0668. The van der Waals surface area contributed by atoms with E-state index in [9.17, 15) is 23.1 Å². The van der Waals surface area contributed by atoms with E-state index >= 15 is 0 Å². The molecule has 1 heterocycles. The van der Waals surface area contributed by atoms with E-state index in [0.29, 0.717) is 32.7 Å². The first-order chi connectivity index (χ1) is 11.3. The second-order valence-corrected chi connectivity index (χ2v) is 6.15. The van der Waals surface area contributed by atoms with Crippen LogP contribution in [0.4, 0.5) is 13.2 Å². The van der Waals surface area contributed by atoms with Gasteiger partial charge >= 0.3 is 12.1 Å². The molecular weight excluding hydrogens is 323 g/mol. The van der Waals surface area contributed by atoms with Crippen LogP contribution < -0.4 is 0 Å². The predicted octanol–water partition coefficient (Wildman–Crippen LogP) is 2.84. The molecule has 2 atom stereocenters. The molecule has 0 radical (unpaired) electrons. The second kappa shape index (κ2) is 7.98. The zero-order valence-electron chi connectivity index (χ0n) is 13.6. The van der Waals surface area contributed by atoms with Crippen molar-refractivity contribution in [3.8, 4) is 0 Å². The summed E-state index contributed by atoms with van der Waals surface area (Å²) >= 11 is 0. The van der Waals surface area contributed by atoms with Crippen molar-refractivity contribution in [2.75, 3.05) is 19.7 Å². The first-order valence-electron chi connectivity index (χ1n) is 8.00. The van der Waals surface area contributed by atoms with Crippen LogP contribution in [0.25, 0.3) is 0 Å². The Balaban J connectivity index is 1.94. The lowest BCUT2D eigenvalue weighted by Crippen LogP contribution is -2.43. The van der Waals surface area contributed by atoms with Crippen molar-refractivity contribution in [1.82, 2.24) is 4.90 Å². The average molecular weight is 345 g/mol. The molecule has 134 valence electrons. The third kappa shape index (κ3) is 5.49. The molecule has 0 bridgehead atoms. The van der Waals surface area contributed by atoms with Crippen LogP contribution in [0.3, 0.4) is 0 Å². The van der Waals surface area contributed by atoms with Crippen LogP contribution in [0.15, 0.2) is 24.3 Å². The van der Waals surface area contributed by atoms with Gasteiger partial charge in [-0.05, 0) is 37.0 Å². The summed E-state index contributed by atoms with van der Waals surface area (Å²) in [4.78, 5) is 13.5. The molecule has 2 rings (SSSR count). The van der Waals surface area contributed by atoms with E-state index in [0.717, 1.165) is 17.7 Å². The average Bonchev–Trinajstić information content (AvgIpc) is 2.46. The maximum atomic E-state index is 12.6. The lowest BCUT2D eigenvalue weighted by Gasteiger charge is -2.35. The number of β-amino-alcohol motifs (C(OH)–C–C–N with tert-alkyl or cyclic N) is 1. The molecule has 1 saturated heterocycles. The van der Waals surface area contributed by atoms with Crippen molar-refractivity contribution >= 4 is 5.97 Å². The lowest BCUT2D eigenvalue weighted by molar-refractivity contribution is -0.145. The lowest BCUT2D eigenvalue weighted by atomic mass is 9.92. The largest absolute Gasteiger partial charge is 0.466 e. The fourth-order valence-electron chi connectivity index (χ4n) is 3.06. The summed E-state index contributed by atoms with van der Waals surface area (Å²) in [5, 5.41) is 9.98. The number of esters is 1. The molecule has 24 heavy (non-hydrogen) atoms. The Morgan fingerprint density at radius 3 is 2.54 bits per heavy atom. The van der Waals surface area contributed by atoms with Gasteiger partial charge in [-0.3, -0.25) is 9.69 Å². The maximum absolute atomic E-state index is 12.6. The van der Waals surface area contributed by atoms with Crippen LogP contribution in [0.1, 0.15) is 30.9 Å². The van der Waals surface area contributed by atoms with Crippen molar-refractivity contribution < 1.29 is 27.8 Å². The Morgan fingerprint density at radius 1 is 1.29 bits per heavy atom. The summed E-state index contributed by atoms with van der Waals surface area (Å²) in [6.07, 6.45) is -4.12. The highest BCUT2D eigenvalue weighted by Gasteiger charge is 2.31. The third-order valence-electron chi connectivity index (χ3n) is 4.04. The Hall–Kier alpha value is -1.60. The summed E-state index contributed by atoms with van der Waals surface area (Å²) < 4.78 is 42.7. The van der Waals surface area contributed by atoms with Crippen molar-refractivity contribution in [3.63, 3.8) is 0 Å². The highest BCUT2D eigenvalue weighted by atomic mass is 19.4. The SMILES string of the molecule is CCOC(=O)CC1CC(O)CN(Cc2ccc(C(F)(F)F)cc2)C1. The van der Waals surface area contributed by atoms with Gasteiger partial charge in [-0.15, -0.1) is 0 Å². The summed E-state index contributed by atoms with van der Waals surface area (Å²) in [7, 11) is 0. The number of rotatable bonds is 5. The van der Waals surface area contributed by atoms with E-state index < -0.39 is 17.8 Å². The van der Waals surface area contributed by atoms with Gasteiger partial charge in [-0.1, -0.05) is 12.1 Å². The van der Waals surface area contributed by atoms with E-state index in [4.69, 9.17) is 4.74 Å². The van der Waals surface area contributed by atoms with E-state index in [1.165, 1.54) is 12.1 Å². The molecule has 7 heteroatoms. The summed E-state index contributed by atoms with van der Waals surface area (Å²) in [6.45, 7) is 3.56. The van der Waals surface area contributed by atoms with Gasteiger partial charge in [-0.25, -0.2) is 0 Å². The number of hydrogen-bond acceptors (Lipinski definition) is 4. The van der Waals surface area contributed by atoms with Crippen LogP contribution in [-0.2, 0) is 22.3 Å². The molecule has 0 aromatic heterocycles. The smallest absolute Gasteiger partial charge is 0.416 e. The molecule has 1 fully saturated rings. The van der Waals surface area contributed by atoms with Gasteiger partial charge in [0.25, 0.3) is 0 Å². The van der Waals surface area contributed by atoms with Gasteiger partial charge in [0.15, 0.2) is 0 Å². The van der Waals surface area contributed by atoms with Gasteiger partial charge in [0.05, 0.1) is 18.3 Å². The number of benzene rings is 1. The normalized spacial score (nSPS) is 22.4. The van der Waals surface area contributed by atoms with Crippen molar-refractivity contribution in [2.45, 2.75) is 38.6 Å². The maximum Gasteiger partial charge on any atom is 0.416 e. The fourth-order valence-corrected chi connectivity index (χ4v) is 3.06. The van der Waals surface area contributed by atoms with Crippen LogP contribution in [0.2, 0.25) is 0 Å². The molecule has 0 saturated carbocycles. The molecular formula is C17H22F3NO3. The Bertz CT molecular complexity index is 545. The molecule has 1 aromatic carbocycles. The number of aliphatic hydroxyl groups excluding tert-OH is 1. The topological polar surface area (TPSA) is 49.8 Å². The number of halogens is 3. The quantitative estimate of drug-likeness (QED) is 0.834. The van der Waals surface area contributed by atoms with Crippen molar-refractivity contribution in [3.05, 3.63) is 35.4 Å². The number of alkyl halides is 3. The van der Waals surface area contributed by atoms with E-state index in [1.54, 1.807) is 6.92 Å². The number of ether oxygens (including phenoxy) is 1. The first-order valence-corrected chi connectivity index (χ1v) is 8.00. The molecule has 2 unspecified atom stereocenters. The van der Waals surface area contributed by atoms with Crippen LogP contribution in [0, 0.1) is 5.92 Å². The standard InChI is InChI=1S/C17H22F3NO3/c1-2-24-16(23)8-13-7-15(22)11-21(10-13)9-12-3-5-14(6-4-12)17(18,19)20/h3-6,13,15,22H,2,7-11H2,1H3. The van der Waals surface area contributed by atoms with Crippen LogP contribution >= 0.6 is 0 Å². The van der Waals surface area contributed by atoms with Crippen LogP contribution in [-0.4, -0.2) is 41.8 Å². The zero-order chi connectivity index (χ0) is 17.7. The van der Waals surface area contributed by atoms with Gasteiger partial charge in [-0.2, -0.15) is 13.2 Å². The first kappa shape index (κ1) is 18.7. The monoisotopic (exact) mass is 345 g/mol. The highest BCUT2D eigenvalue weighted by Crippen LogP contribution is 2.29. The van der Waals surface area contributed by atoms with Gasteiger partial charge in [0, 0.05) is 26.1 Å². The minimum atomic E-state index is -4.34. The highest BCUT2D eigenvalue weighted by molar-refractivity contribution is 5.69. The predicted molar refractivity (Wildman–Crippen MR) is 82.1 cm³/mol. The molecule has 0 spiro atoms. The minimum absolute atomic E-state index is 0.0118. The molecule has 1 aromatic rings. The molecule has 1 aliphatic heterocycles. The van der Waals surface area contributed by atoms with Crippen LogP contribution in [0.5, 0.6) is 0 Å². The summed E-state index contributed by atoms with van der Waals surface area (Å²) in [6, 6.07) is 5.02. The van der Waals surface area contributed by atoms with Crippen molar-refractivity contribution in [1.29, 1.82) is 0 Å². The molecule has 1 aliphatic rings. The number of carbonyl (C=O) groups excluding carboxylic acids is 1. The summed E-state index contributed by atoms with van der Waals surface area (Å²) in [5.74, 6) is -0.298. The van der Waals surface area contributed by atoms with Crippen molar-refractivity contribution in [2.24, 2.45) is 5.92 Å². The number of hydrogen-bond donors (Lipinski definition) is 1. The van der Waals surface area contributed by atoms with E-state index in [-0.39, 0.29) is 18.3 Å².